The van der Waals surface area contributed by atoms with Crippen LogP contribution in [0.5, 0.6) is 0 Å². The molecule has 0 bridgehead atoms. The predicted octanol–water partition coefficient (Wildman–Crippen LogP) is 2.54. The first kappa shape index (κ1) is 13.6. The van der Waals surface area contributed by atoms with Crippen LogP contribution in [0.2, 0.25) is 0 Å². The van der Waals surface area contributed by atoms with Crippen LogP contribution in [0.1, 0.15) is 40.5 Å². The number of ether oxygens (including phenoxy) is 1. The largest absolute Gasteiger partial charge is 0.458 e. The molecule has 1 N–H and O–H groups in total. The van der Waals surface area contributed by atoms with E-state index in [4.69, 9.17) is 4.74 Å². The second-order valence-corrected chi connectivity index (χ2v) is 6.46. The van der Waals surface area contributed by atoms with Crippen LogP contribution < -0.4 is 0 Å². The fraction of sp³-hybridized carbons (Fsp3) is 0.800. The summed E-state index contributed by atoms with van der Waals surface area (Å²) in [5, 5.41) is 10.2. The Hall–Kier alpha value is -0.830. The Bertz CT molecular complexity index is 374. The molecule has 18 heavy (non-hydrogen) atoms. The van der Waals surface area contributed by atoms with Crippen LogP contribution in [0.25, 0.3) is 0 Å². The zero-order valence-corrected chi connectivity index (χ0v) is 11.8. The molecule has 0 radical (unpaired) electrons. The lowest BCUT2D eigenvalue weighted by Gasteiger charge is -2.34. The number of aliphatic hydroxyl groups excluding tert-OH is 1. The zero-order chi connectivity index (χ0) is 13.7. The maximum Gasteiger partial charge on any atom is 0.309 e. The average molecular weight is 252 g/mol. The minimum absolute atomic E-state index is 0.0420. The van der Waals surface area contributed by atoms with E-state index in [9.17, 15) is 9.90 Å². The molecular weight excluding hydrogens is 228 g/mol. The summed E-state index contributed by atoms with van der Waals surface area (Å²) in [6, 6.07) is 0. The van der Waals surface area contributed by atoms with Gasteiger partial charge in [-0.15, -0.1) is 0 Å². The fourth-order valence-corrected chi connectivity index (χ4v) is 3.81. The van der Waals surface area contributed by atoms with Crippen molar-refractivity contribution in [2.75, 3.05) is 0 Å². The fourth-order valence-electron chi connectivity index (χ4n) is 3.81. The summed E-state index contributed by atoms with van der Waals surface area (Å²) < 4.78 is 5.78. The van der Waals surface area contributed by atoms with Gasteiger partial charge in [-0.25, -0.2) is 0 Å². The third-order valence-electron chi connectivity index (χ3n) is 4.81. The van der Waals surface area contributed by atoms with E-state index in [0.29, 0.717) is 6.42 Å². The van der Waals surface area contributed by atoms with Gasteiger partial charge in [0, 0.05) is 12.3 Å². The van der Waals surface area contributed by atoms with Gasteiger partial charge in [0.05, 0.1) is 12.0 Å². The second kappa shape index (κ2) is 4.37. The molecule has 0 aromatic rings. The molecule has 1 heterocycles. The molecule has 1 unspecified atom stereocenters. The number of hydrogen-bond donors (Lipinski definition) is 1. The van der Waals surface area contributed by atoms with Crippen molar-refractivity contribution in [1.29, 1.82) is 0 Å². The summed E-state index contributed by atoms with van der Waals surface area (Å²) in [6.07, 6.45) is 0.978. The van der Waals surface area contributed by atoms with Gasteiger partial charge in [0.1, 0.15) is 5.60 Å². The number of carbonyl (C=O) groups is 1. The first-order chi connectivity index (χ1) is 8.29. The first-order valence-electron chi connectivity index (χ1n) is 6.86. The summed E-state index contributed by atoms with van der Waals surface area (Å²) in [6.45, 7) is 12.1. The summed E-state index contributed by atoms with van der Waals surface area (Å²) in [5.74, 6) is 0.228. The standard InChI is InChI=1S/C15H24O3/c1-8(2)11-7-15(18-14(11)17)10(5)6-12(16)13(15)9(3)4/h8,10-13,16H,3,6-7H2,1-2,4-5H3/t10-,11-,12?,13+,15-/m1/s1. The van der Waals surface area contributed by atoms with Crippen molar-refractivity contribution in [2.24, 2.45) is 23.7 Å². The molecule has 3 heteroatoms. The van der Waals surface area contributed by atoms with Crippen LogP contribution in [-0.4, -0.2) is 22.8 Å². The van der Waals surface area contributed by atoms with E-state index in [0.717, 1.165) is 12.0 Å². The highest BCUT2D eigenvalue weighted by atomic mass is 16.6. The quantitative estimate of drug-likeness (QED) is 0.607. The highest BCUT2D eigenvalue weighted by Gasteiger charge is 2.61. The highest BCUT2D eigenvalue weighted by molar-refractivity contribution is 5.76. The lowest BCUT2D eigenvalue weighted by atomic mass is 9.75. The van der Waals surface area contributed by atoms with Crippen LogP contribution >= 0.6 is 0 Å². The van der Waals surface area contributed by atoms with Gasteiger partial charge in [-0.2, -0.15) is 0 Å². The molecule has 1 spiro atoms. The lowest BCUT2D eigenvalue weighted by Crippen LogP contribution is -2.41. The molecule has 0 amide bonds. The minimum atomic E-state index is -0.517. The van der Waals surface area contributed by atoms with Crippen LogP contribution in [0, 0.1) is 23.7 Å². The molecule has 0 aromatic carbocycles. The Morgan fingerprint density at radius 3 is 2.61 bits per heavy atom. The third-order valence-corrected chi connectivity index (χ3v) is 4.81. The Labute approximate surface area is 109 Å². The third kappa shape index (κ3) is 1.80. The smallest absolute Gasteiger partial charge is 0.309 e. The molecule has 2 rings (SSSR count). The van der Waals surface area contributed by atoms with Gasteiger partial charge in [-0.1, -0.05) is 32.9 Å². The molecule has 1 aliphatic heterocycles. The van der Waals surface area contributed by atoms with Gasteiger partial charge in [0.15, 0.2) is 0 Å². The van der Waals surface area contributed by atoms with Gasteiger partial charge in [0.2, 0.25) is 0 Å². The molecular formula is C15H24O3. The summed E-state index contributed by atoms with van der Waals surface area (Å²) in [7, 11) is 0. The Morgan fingerprint density at radius 2 is 2.17 bits per heavy atom. The first-order valence-corrected chi connectivity index (χ1v) is 6.86. The minimum Gasteiger partial charge on any atom is -0.458 e. The maximum atomic E-state index is 12.1. The monoisotopic (exact) mass is 252 g/mol. The van der Waals surface area contributed by atoms with E-state index in [1.807, 2.05) is 6.92 Å². The van der Waals surface area contributed by atoms with Crippen LogP contribution in [0.15, 0.2) is 12.2 Å². The van der Waals surface area contributed by atoms with E-state index in [-0.39, 0.29) is 29.6 Å². The molecule has 2 fully saturated rings. The molecule has 3 nitrogen and oxygen atoms in total. The van der Waals surface area contributed by atoms with Crippen LogP contribution in [0.4, 0.5) is 0 Å². The second-order valence-electron chi connectivity index (χ2n) is 6.46. The molecule has 5 atom stereocenters. The average Bonchev–Trinajstić information content (AvgIpc) is 2.67. The van der Waals surface area contributed by atoms with Gasteiger partial charge in [-0.3, -0.25) is 4.79 Å². The van der Waals surface area contributed by atoms with Crippen molar-refractivity contribution in [2.45, 2.75) is 52.2 Å². The molecule has 2 aliphatic rings. The Balaban J connectivity index is 2.35. The Morgan fingerprint density at radius 1 is 1.56 bits per heavy atom. The van der Waals surface area contributed by atoms with Crippen molar-refractivity contribution in [1.82, 2.24) is 0 Å². The van der Waals surface area contributed by atoms with E-state index in [2.05, 4.69) is 27.4 Å². The van der Waals surface area contributed by atoms with Crippen molar-refractivity contribution in [3.63, 3.8) is 0 Å². The van der Waals surface area contributed by atoms with Crippen molar-refractivity contribution >= 4 is 5.97 Å². The van der Waals surface area contributed by atoms with Gasteiger partial charge >= 0.3 is 5.97 Å². The van der Waals surface area contributed by atoms with Crippen LogP contribution in [0.3, 0.4) is 0 Å². The lowest BCUT2D eigenvalue weighted by molar-refractivity contribution is -0.156. The number of aliphatic hydroxyl groups is 1. The topological polar surface area (TPSA) is 46.5 Å². The van der Waals surface area contributed by atoms with Crippen LogP contribution in [-0.2, 0) is 9.53 Å². The molecule has 1 saturated heterocycles. The van der Waals surface area contributed by atoms with Gasteiger partial charge in [0.25, 0.3) is 0 Å². The van der Waals surface area contributed by atoms with E-state index < -0.39 is 11.7 Å². The molecule has 0 aromatic heterocycles. The summed E-state index contributed by atoms with van der Waals surface area (Å²) in [5.41, 5.74) is 0.404. The normalized spacial score (nSPS) is 43.8. The molecule has 1 saturated carbocycles. The molecule has 102 valence electrons. The van der Waals surface area contributed by atoms with Gasteiger partial charge in [-0.05, 0) is 25.2 Å². The van der Waals surface area contributed by atoms with E-state index >= 15 is 0 Å². The van der Waals surface area contributed by atoms with Crippen molar-refractivity contribution < 1.29 is 14.6 Å². The number of carbonyl (C=O) groups excluding carboxylic acids is 1. The molecule has 1 aliphatic carbocycles. The highest BCUT2D eigenvalue weighted by Crippen LogP contribution is 2.54. The van der Waals surface area contributed by atoms with E-state index in [1.165, 1.54) is 0 Å². The SMILES string of the molecule is C=C(C)[C@H]1C(O)C[C@@H](C)[C@]12C[C@H](C(C)C)C(=O)O2. The van der Waals surface area contributed by atoms with Crippen molar-refractivity contribution in [3.05, 3.63) is 12.2 Å². The summed E-state index contributed by atoms with van der Waals surface area (Å²) in [4.78, 5) is 12.1. The predicted molar refractivity (Wildman–Crippen MR) is 69.9 cm³/mol. The number of rotatable bonds is 2. The van der Waals surface area contributed by atoms with E-state index in [1.54, 1.807) is 0 Å². The maximum absolute atomic E-state index is 12.1. The number of hydrogen-bond acceptors (Lipinski definition) is 3. The number of esters is 1. The van der Waals surface area contributed by atoms with Crippen molar-refractivity contribution in [3.8, 4) is 0 Å². The zero-order valence-electron chi connectivity index (χ0n) is 11.8. The van der Waals surface area contributed by atoms with Gasteiger partial charge < -0.3 is 9.84 Å². The Kier molecular flexibility index (Phi) is 3.30. The summed E-state index contributed by atoms with van der Waals surface area (Å²) >= 11 is 0.